The molecule has 44 heavy (non-hydrogen) atoms. The Bertz CT molecular complexity index is 1280. The molecule has 2 fully saturated rings. The summed E-state index contributed by atoms with van der Waals surface area (Å²) in [7, 11) is 1.94. The Hall–Kier alpha value is -3.87. The lowest BCUT2D eigenvalue weighted by Gasteiger charge is -2.34. The van der Waals surface area contributed by atoms with Crippen LogP contribution in [-0.2, 0) is 27.3 Å². The van der Waals surface area contributed by atoms with Crippen LogP contribution in [0.2, 0.25) is 0 Å². The topological polar surface area (TPSA) is 129 Å². The van der Waals surface area contributed by atoms with Gasteiger partial charge in [-0.25, -0.2) is 8.78 Å². The van der Waals surface area contributed by atoms with Crippen LogP contribution in [0.3, 0.4) is 0 Å². The highest BCUT2D eigenvalue weighted by Crippen LogP contribution is 2.21. The summed E-state index contributed by atoms with van der Waals surface area (Å²) in [6.45, 7) is 5.69. The van der Waals surface area contributed by atoms with Gasteiger partial charge < -0.3 is 25.8 Å². The number of aryl methyl sites for hydroxylation is 1. The number of benzene rings is 1. The van der Waals surface area contributed by atoms with Gasteiger partial charge in [0.1, 0.15) is 23.4 Å². The van der Waals surface area contributed by atoms with Crippen LogP contribution in [-0.4, -0.2) is 89.0 Å². The fraction of sp³-hybridized carbons (Fsp3) is 0.581. The second-order valence-electron chi connectivity index (χ2n) is 11.1. The fourth-order valence-electron chi connectivity index (χ4n) is 5.09. The van der Waals surface area contributed by atoms with E-state index in [9.17, 15) is 28.0 Å². The third-order valence-electron chi connectivity index (χ3n) is 7.76. The Labute approximate surface area is 262 Å². The van der Waals surface area contributed by atoms with E-state index in [0.29, 0.717) is 32.7 Å². The predicted octanol–water partition coefficient (Wildman–Crippen LogP) is 3.84. The van der Waals surface area contributed by atoms with Crippen LogP contribution < -0.4 is 16.0 Å². The Balaban J connectivity index is 0.00000211. The highest BCUT2D eigenvalue weighted by molar-refractivity contribution is 5.98. The quantitative estimate of drug-likeness (QED) is 0.369. The predicted molar refractivity (Wildman–Crippen MR) is 169 cm³/mol. The monoisotopic (exact) mass is 623 g/mol. The van der Waals surface area contributed by atoms with E-state index in [1.807, 2.05) is 7.05 Å². The van der Waals surface area contributed by atoms with E-state index in [-0.39, 0.29) is 40.2 Å². The lowest BCUT2D eigenvalue weighted by atomic mass is 10.0. The zero-order valence-electron chi connectivity index (χ0n) is 26.0. The highest BCUT2D eigenvalue weighted by atomic mass is 19.1. The minimum absolute atomic E-state index is 0. The van der Waals surface area contributed by atoms with Gasteiger partial charge in [0.15, 0.2) is 0 Å². The van der Waals surface area contributed by atoms with Crippen LogP contribution in [0.1, 0.15) is 79.1 Å². The number of hydrogen-bond acceptors (Lipinski definition) is 6. The summed E-state index contributed by atoms with van der Waals surface area (Å²) in [4.78, 5) is 53.3. The molecule has 11 nitrogen and oxygen atoms in total. The van der Waals surface area contributed by atoms with Crippen molar-refractivity contribution in [2.24, 2.45) is 0 Å². The third-order valence-corrected chi connectivity index (χ3v) is 7.76. The van der Waals surface area contributed by atoms with Gasteiger partial charge in [0, 0.05) is 62.1 Å². The zero-order chi connectivity index (χ0) is 32.1. The van der Waals surface area contributed by atoms with E-state index >= 15 is 0 Å². The molecule has 4 amide bonds. The molecule has 0 spiro atoms. The standard InChI is InChI=1S/C25H33F2N7O4.C6H12.3H2/c1-4-22(35)31-20(25(38)33-10-8-32(3)9-11-33)13-16-12-18(27)19(14-17(16)26)30-23(36)15-28-24(37)21-6-7-29-34(21)5-2;1-2-4-6-5-3-1;;;/h6-7,12,14,20H,4-5,8-11,13,15H2,1-3H3,(H,28,37)(H,30,36)(H,31,35);1-6H2;3*1H/t20-;;;;/m1..../s1. The molecule has 0 bridgehead atoms. The maximum Gasteiger partial charge on any atom is 0.269 e. The number of amides is 4. The number of likely N-dealkylation sites (N-methyl/N-ethyl adjacent to an activating group) is 1. The molecule has 2 aliphatic rings. The normalized spacial score (nSPS) is 15.9. The molecule has 0 radical (unpaired) electrons. The van der Waals surface area contributed by atoms with Gasteiger partial charge in [-0.2, -0.15) is 5.10 Å². The summed E-state index contributed by atoms with van der Waals surface area (Å²) in [5.74, 6) is -3.81. The summed E-state index contributed by atoms with van der Waals surface area (Å²) in [5.41, 5.74) is -0.271. The SMILES string of the molecule is C1CCCCC1.CCC(=O)N[C@H](Cc1cc(F)c(NC(=O)CNC(=O)c2ccnn2CC)cc1F)C(=O)N1CCN(C)CC1.[HH].[HH].[HH]. The molecule has 1 aliphatic carbocycles. The molecular weight excluding hydrogens is 572 g/mol. The lowest BCUT2D eigenvalue weighted by molar-refractivity contribution is -0.137. The fourth-order valence-corrected chi connectivity index (χ4v) is 5.09. The van der Waals surface area contributed by atoms with Crippen molar-refractivity contribution in [3.05, 3.63) is 47.3 Å². The first-order chi connectivity index (χ1) is 21.1. The third kappa shape index (κ3) is 10.4. The Morgan fingerprint density at radius 2 is 1.57 bits per heavy atom. The molecule has 2 heterocycles. The number of anilines is 1. The van der Waals surface area contributed by atoms with Crippen LogP contribution in [0.15, 0.2) is 24.4 Å². The number of piperazine rings is 1. The molecular formula is C31H51F2N7O4. The van der Waals surface area contributed by atoms with Crippen molar-refractivity contribution in [1.82, 2.24) is 30.2 Å². The van der Waals surface area contributed by atoms with Gasteiger partial charge in [0.05, 0.1) is 12.2 Å². The number of rotatable bonds is 10. The van der Waals surface area contributed by atoms with Crippen molar-refractivity contribution < 1.29 is 32.2 Å². The molecule has 1 saturated heterocycles. The van der Waals surface area contributed by atoms with Crippen molar-refractivity contribution in [3.8, 4) is 0 Å². The number of carbonyl (C=O) groups excluding carboxylic acids is 4. The van der Waals surface area contributed by atoms with Gasteiger partial charge in [0.2, 0.25) is 17.7 Å². The molecule has 1 atom stereocenters. The van der Waals surface area contributed by atoms with Crippen molar-refractivity contribution in [2.75, 3.05) is 45.1 Å². The molecule has 1 aliphatic heterocycles. The Morgan fingerprint density at radius 3 is 2.16 bits per heavy atom. The van der Waals surface area contributed by atoms with Gasteiger partial charge in [-0.05, 0) is 31.7 Å². The van der Waals surface area contributed by atoms with Gasteiger partial charge in [-0.3, -0.25) is 23.9 Å². The minimum atomic E-state index is -1.06. The average Bonchev–Trinajstić information content (AvgIpc) is 3.52. The van der Waals surface area contributed by atoms with Crippen molar-refractivity contribution in [3.63, 3.8) is 0 Å². The van der Waals surface area contributed by atoms with Crippen molar-refractivity contribution in [2.45, 2.75) is 77.8 Å². The molecule has 3 N–H and O–H groups in total. The molecule has 0 unspecified atom stereocenters. The maximum atomic E-state index is 15.0. The first kappa shape index (κ1) is 34.6. The van der Waals surface area contributed by atoms with E-state index < -0.39 is 41.7 Å². The van der Waals surface area contributed by atoms with Crippen molar-refractivity contribution >= 4 is 29.3 Å². The van der Waals surface area contributed by atoms with E-state index in [1.165, 1.54) is 55.5 Å². The van der Waals surface area contributed by atoms with Gasteiger partial charge >= 0.3 is 0 Å². The molecule has 1 aromatic heterocycles. The van der Waals surface area contributed by atoms with E-state index in [0.717, 1.165) is 12.1 Å². The number of hydrogen-bond donors (Lipinski definition) is 3. The van der Waals surface area contributed by atoms with Crippen LogP contribution in [0.25, 0.3) is 0 Å². The number of carbonyl (C=O) groups is 4. The first-order valence-electron chi connectivity index (χ1n) is 15.5. The number of nitrogens with zero attached hydrogens (tertiary/aromatic N) is 4. The first-order valence-corrected chi connectivity index (χ1v) is 15.5. The Kier molecular flexibility index (Phi) is 13.7. The largest absolute Gasteiger partial charge is 0.344 e. The van der Waals surface area contributed by atoms with Crippen LogP contribution in [0.4, 0.5) is 14.5 Å². The highest BCUT2D eigenvalue weighted by Gasteiger charge is 2.29. The second kappa shape index (κ2) is 17.4. The summed E-state index contributed by atoms with van der Waals surface area (Å²) >= 11 is 0. The van der Waals surface area contributed by atoms with Gasteiger partial charge in [-0.1, -0.05) is 45.4 Å². The van der Waals surface area contributed by atoms with E-state index in [4.69, 9.17) is 0 Å². The zero-order valence-corrected chi connectivity index (χ0v) is 26.0. The molecule has 1 aromatic carbocycles. The van der Waals surface area contributed by atoms with Gasteiger partial charge in [-0.15, -0.1) is 0 Å². The number of aromatic nitrogens is 2. The van der Waals surface area contributed by atoms with E-state index in [1.54, 1.807) is 18.7 Å². The molecule has 4 rings (SSSR count). The maximum absolute atomic E-state index is 15.0. The smallest absolute Gasteiger partial charge is 0.269 e. The van der Waals surface area contributed by atoms with Crippen LogP contribution in [0.5, 0.6) is 0 Å². The minimum Gasteiger partial charge on any atom is -0.344 e. The van der Waals surface area contributed by atoms with Gasteiger partial charge in [0.25, 0.3) is 5.91 Å². The van der Waals surface area contributed by atoms with Crippen molar-refractivity contribution in [1.29, 1.82) is 0 Å². The van der Waals surface area contributed by atoms with Crippen LogP contribution >= 0.6 is 0 Å². The summed E-state index contributed by atoms with van der Waals surface area (Å²) < 4.78 is 31.2. The summed E-state index contributed by atoms with van der Waals surface area (Å²) in [5, 5.41) is 11.2. The van der Waals surface area contributed by atoms with E-state index in [2.05, 4.69) is 25.9 Å². The lowest BCUT2D eigenvalue weighted by Crippen LogP contribution is -2.55. The molecule has 1 saturated carbocycles. The summed E-state index contributed by atoms with van der Waals surface area (Å²) in [6.07, 6.45) is 10.3. The van der Waals surface area contributed by atoms with Crippen LogP contribution in [0, 0.1) is 11.6 Å². The molecule has 13 heteroatoms. The number of nitrogens with one attached hydrogen (secondary N) is 3. The average molecular weight is 624 g/mol. The number of halogens is 2. The second-order valence-corrected chi connectivity index (χ2v) is 11.1. The molecule has 248 valence electrons. The Morgan fingerprint density at radius 1 is 0.932 bits per heavy atom. The summed E-state index contributed by atoms with van der Waals surface area (Å²) in [6, 6.07) is 2.14. The molecule has 2 aromatic rings.